The van der Waals surface area contributed by atoms with Crippen LogP contribution in [0, 0.1) is 5.41 Å². The van der Waals surface area contributed by atoms with Crippen molar-refractivity contribution in [3.05, 3.63) is 0 Å². The Kier molecular flexibility index (Phi) is 6.20. The van der Waals surface area contributed by atoms with Crippen molar-refractivity contribution in [2.75, 3.05) is 13.1 Å². The Morgan fingerprint density at radius 1 is 1.19 bits per heavy atom. The quantitative estimate of drug-likeness (QED) is 0.781. The fourth-order valence-electron chi connectivity index (χ4n) is 3.05. The smallest absolute Gasteiger partial charge is 0.237 e. The summed E-state index contributed by atoms with van der Waals surface area (Å²) < 4.78 is 0. The Labute approximate surface area is 128 Å². The van der Waals surface area contributed by atoms with E-state index < -0.39 is 5.41 Å². The molecule has 1 aliphatic rings. The number of amides is 2. The second kappa shape index (κ2) is 7.25. The number of nitrogens with one attached hydrogen (secondary N) is 2. The van der Waals surface area contributed by atoms with Crippen molar-refractivity contribution in [2.45, 2.75) is 72.5 Å². The van der Waals surface area contributed by atoms with Gasteiger partial charge < -0.3 is 10.6 Å². The molecular weight excluding hydrogens is 266 g/mol. The van der Waals surface area contributed by atoms with Crippen molar-refractivity contribution in [3.63, 3.8) is 0 Å². The van der Waals surface area contributed by atoms with Crippen LogP contribution >= 0.6 is 0 Å². The molecule has 2 amide bonds. The molecular formula is C16H31N3O2. The molecule has 0 spiro atoms. The van der Waals surface area contributed by atoms with E-state index in [1.54, 1.807) is 0 Å². The van der Waals surface area contributed by atoms with Gasteiger partial charge in [0.25, 0.3) is 0 Å². The minimum atomic E-state index is -0.590. The molecule has 1 heterocycles. The predicted molar refractivity (Wildman–Crippen MR) is 84.9 cm³/mol. The summed E-state index contributed by atoms with van der Waals surface area (Å²) in [6.07, 6.45) is 2.28. The molecule has 0 radical (unpaired) electrons. The molecule has 0 aliphatic carbocycles. The maximum absolute atomic E-state index is 12.4. The summed E-state index contributed by atoms with van der Waals surface area (Å²) in [7, 11) is 0. The summed E-state index contributed by atoms with van der Waals surface area (Å²) >= 11 is 0. The molecule has 1 fully saturated rings. The van der Waals surface area contributed by atoms with Crippen molar-refractivity contribution in [2.24, 2.45) is 5.41 Å². The van der Waals surface area contributed by atoms with Crippen LogP contribution in [0.4, 0.5) is 0 Å². The van der Waals surface area contributed by atoms with E-state index in [2.05, 4.69) is 29.4 Å². The highest BCUT2D eigenvalue weighted by Crippen LogP contribution is 2.26. The molecule has 0 aromatic heterocycles. The molecule has 5 heteroatoms. The van der Waals surface area contributed by atoms with Gasteiger partial charge in [-0.25, -0.2) is 0 Å². The normalized spacial score (nSPS) is 24.7. The predicted octanol–water partition coefficient (Wildman–Crippen LogP) is 1.53. The third-order valence-electron chi connectivity index (χ3n) is 4.50. The first kappa shape index (κ1) is 18.0. The SMILES string of the molecule is CCNC(=O)C(C)(C)CNC(=O)[C@H](C)N1[C@H](C)CC[C@H]1C. The minimum Gasteiger partial charge on any atom is -0.356 e. The maximum atomic E-state index is 12.4. The van der Waals surface area contributed by atoms with Crippen molar-refractivity contribution in [1.29, 1.82) is 0 Å². The van der Waals surface area contributed by atoms with E-state index in [1.165, 1.54) is 0 Å². The number of carbonyl (C=O) groups excluding carboxylic acids is 2. The van der Waals surface area contributed by atoms with Gasteiger partial charge in [-0.2, -0.15) is 0 Å². The highest BCUT2D eigenvalue weighted by atomic mass is 16.2. The van der Waals surface area contributed by atoms with Crippen LogP contribution in [-0.4, -0.2) is 47.9 Å². The standard InChI is InChI=1S/C16H31N3O2/c1-7-17-15(21)16(5,6)10-18-14(20)13(4)19-11(2)8-9-12(19)3/h11-13H,7-10H2,1-6H3,(H,17,21)(H,18,20)/t11-,12-,13+/m1/s1. The zero-order valence-electron chi connectivity index (χ0n) is 14.3. The van der Waals surface area contributed by atoms with E-state index in [0.29, 0.717) is 25.2 Å². The van der Waals surface area contributed by atoms with E-state index in [9.17, 15) is 9.59 Å². The molecule has 1 rings (SSSR count). The van der Waals surface area contributed by atoms with Gasteiger partial charge in [-0.3, -0.25) is 14.5 Å². The second-order valence-corrected chi connectivity index (χ2v) is 6.86. The molecule has 1 saturated heterocycles. The van der Waals surface area contributed by atoms with E-state index >= 15 is 0 Å². The van der Waals surface area contributed by atoms with E-state index in [-0.39, 0.29) is 17.9 Å². The number of hydrogen-bond acceptors (Lipinski definition) is 3. The van der Waals surface area contributed by atoms with Crippen LogP contribution in [-0.2, 0) is 9.59 Å². The van der Waals surface area contributed by atoms with Gasteiger partial charge in [-0.05, 0) is 54.4 Å². The summed E-state index contributed by atoms with van der Waals surface area (Å²) in [4.78, 5) is 26.6. The third-order valence-corrected chi connectivity index (χ3v) is 4.50. The van der Waals surface area contributed by atoms with Crippen LogP contribution in [0.2, 0.25) is 0 Å². The van der Waals surface area contributed by atoms with Crippen LogP contribution in [0.5, 0.6) is 0 Å². The highest BCUT2D eigenvalue weighted by Gasteiger charge is 2.35. The van der Waals surface area contributed by atoms with Gasteiger partial charge in [-0.1, -0.05) is 0 Å². The molecule has 122 valence electrons. The van der Waals surface area contributed by atoms with Gasteiger partial charge in [0.2, 0.25) is 11.8 Å². The van der Waals surface area contributed by atoms with Crippen molar-refractivity contribution < 1.29 is 9.59 Å². The van der Waals surface area contributed by atoms with Crippen LogP contribution in [0.1, 0.15) is 54.4 Å². The topological polar surface area (TPSA) is 61.4 Å². The summed E-state index contributed by atoms with van der Waals surface area (Å²) in [5.41, 5.74) is -0.590. The van der Waals surface area contributed by atoms with Gasteiger partial charge in [-0.15, -0.1) is 0 Å². The lowest BCUT2D eigenvalue weighted by Gasteiger charge is -2.32. The van der Waals surface area contributed by atoms with Crippen LogP contribution in [0.25, 0.3) is 0 Å². The molecule has 0 aromatic carbocycles. The Bertz CT molecular complexity index is 372. The zero-order chi connectivity index (χ0) is 16.2. The number of nitrogens with zero attached hydrogens (tertiary/aromatic N) is 1. The first-order chi connectivity index (χ1) is 9.70. The van der Waals surface area contributed by atoms with Gasteiger partial charge in [0.1, 0.15) is 0 Å². The number of carbonyl (C=O) groups is 2. The fourth-order valence-corrected chi connectivity index (χ4v) is 3.05. The Morgan fingerprint density at radius 3 is 2.19 bits per heavy atom. The van der Waals surface area contributed by atoms with Gasteiger partial charge in [0, 0.05) is 25.2 Å². The van der Waals surface area contributed by atoms with Crippen LogP contribution < -0.4 is 10.6 Å². The van der Waals surface area contributed by atoms with Crippen molar-refractivity contribution >= 4 is 11.8 Å². The second-order valence-electron chi connectivity index (χ2n) is 6.86. The van der Waals surface area contributed by atoms with E-state index in [1.807, 2.05) is 27.7 Å². The van der Waals surface area contributed by atoms with Gasteiger partial charge >= 0.3 is 0 Å². The van der Waals surface area contributed by atoms with E-state index in [0.717, 1.165) is 12.8 Å². The number of likely N-dealkylation sites (tertiary alicyclic amines) is 1. The molecule has 0 aromatic rings. The largest absolute Gasteiger partial charge is 0.356 e. The lowest BCUT2D eigenvalue weighted by atomic mass is 9.92. The van der Waals surface area contributed by atoms with Gasteiger partial charge in [0.05, 0.1) is 11.5 Å². The molecule has 0 bridgehead atoms. The summed E-state index contributed by atoms with van der Waals surface area (Å²) in [5, 5.41) is 5.75. The van der Waals surface area contributed by atoms with E-state index in [4.69, 9.17) is 0 Å². The average Bonchev–Trinajstić information content (AvgIpc) is 2.75. The first-order valence-electron chi connectivity index (χ1n) is 8.04. The highest BCUT2D eigenvalue weighted by molar-refractivity contribution is 5.85. The van der Waals surface area contributed by atoms with Gasteiger partial charge in [0.15, 0.2) is 0 Å². The molecule has 1 aliphatic heterocycles. The number of hydrogen-bond donors (Lipinski definition) is 2. The minimum absolute atomic E-state index is 0.00738. The zero-order valence-corrected chi connectivity index (χ0v) is 14.3. The fraction of sp³-hybridized carbons (Fsp3) is 0.875. The summed E-state index contributed by atoms with van der Waals surface area (Å²) in [6.45, 7) is 12.9. The molecule has 0 unspecified atom stereocenters. The first-order valence-corrected chi connectivity index (χ1v) is 8.04. The average molecular weight is 297 g/mol. The maximum Gasteiger partial charge on any atom is 0.237 e. The third kappa shape index (κ3) is 4.43. The summed E-state index contributed by atoms with van der Waals surface area (Å²) in [5.74, 6) is -0.0196. The molecule has 3 atom stereocenters. The summed E-state index contributed by atoms with van der Waals surface area (Å²) in [6, 6.07) is 0.733. The van der Waals surface area contributed by atoms with Crippen LogP contribution in [0.15, 0.2) is 0 Å². The Morgan fingerprint density at radius 2 is 1.71 bits per heavy atom. The monoisotopic (exact) mass is 297 g/mol. The number of rotatable bonds is 6. The lowest BCUT2D eigenvalue weighted by Crippen LogP contribution is -2.52. The molecule has 0 saturated carbocycles. The van der Waals surface area contributed by atoms with Crippen LogP contribution in [0.3, 0.4) is 0 Å². The molecule has 21 heavy (non-hydrogen) atoms. The van der Waals surface area contributed by atoms with Crippen molar-refractivity contribution in [1.82, 2.24) is 15.5 Å². The lowest BCUT2D eigenvalue weighted by molar-refractivity contribution is -0.131. The Balaban J connectivity index is 2.55. The Hall–Kier alpha value is -1.10. The molecule has 5 nitrogen and oxygen atoms in total. The van der Waals surface area contributed by atoms with Crippen molar-refractivity contribution in [3.8, 4) is 0 Å². The molecule has 2 N–H and O–H groups in total.